The van der Waals surface area contributed by atoms with E-state index < -0.39 is 23.7 Å². The molecule has 6 nitrogen and oxygen atoms in total. The van der Waals surface area contributed by atoms with Crippen LogP contribution < -0.4 is 16.0 Å². The molecule has 1 aromatic carbocycles. The van der Waals surface area contributed by atoms with E-state index in [-0.39, 0.29) is 49.1 Å². The Morgan fingerprint density at radius 1 is 1.22 bits per heavy atom. The minimum absolute atomic E-state index is 0. The van der Waals surface area contributed by atoms with Crippen molar-refractivity contribution in [3.63, 3.8) is 0 Å². The predicted octanol–water partition coefficient (Wildman–Crippen LogP) is 3.38. The van der Waals surface area contributed by atoms with Gasteiger partial charge in [0.2, 0.25) is 0 Å². The molecule has 1 aromatic heterocycles. The van der Waals surface area contributed by atoms with Crippen molar-refractivity contribution in [2.24, 2.45) is 5.92 Å². The van der Waals surface area contributed by atoms with Gasteiger partial charge >= 0.3 is 0 Å². The first-order valence-electron chi connectivity index (χ1n) is 10.5. The van der Waals surface area contributed by atoms with E-state index in [9.17, 15) is 18.4 Å². The summed E-state index contributed by atoms with van der Waals surface area (Å²) in [5.41, 5.74) is 2.01. The van der Waals surface area contributed by atoms with Crippen LogP contribution in [0.15, 0.2) is 42.5 Å². The highest BCUT2D eigenvalue weighted by Crippen LogP contribution is 2.31. The van der Waals surface area contributed by atoms with Crippen molar-refractivity contribution in [2.75, 3.05) is 26.7 Å². The molecule has 0 spiro atoms. The van der Waals surface area contributed by atoms with Gasteiger partial charge in [-0.3, -0.25) is 9.59 Å². The number of rotatable bonds is 7. The van der Waals surface area contributed by atoms with Gasteiger partial charge in [-0.25, -0.2) is 13.8 Å². The number of pyridine rings is 1. The van der Waals surface area contributed by atoms with Crippen LogP contribution in [-0.4, -0.2) is 49.4 Å². The standard InChI is InChI=1S/C23H28F2N4O2.ClH/c1-15(16-6-4-3-5-7-16)19-12-17(13-20(29-19)22(31)26-2)21(30)28-11-9-18-8-10-27-14-23(18,24)25;/h3-7,12-13,15,18,27H,8-11,14H2,1-2H3,(H,26,31)(H,28,30);1H/t15-,18+;/m0./s1. The molecule has 0 unspecified atom stereocenters. The second kappa shape index (κ2) is 11.3. The summed E-state index contributed by atoms with van der Waals surface area (Å²) < 4.78 is 27.9. The lowest BCUT2D eigenvalue weighted by molar-refractivity contribution is -0.0754. The fourth-order valence-corrected chi connectivity index (χ4v) is 3.77. The zero-order chi connectivity index (χ0) is 22.4. The molecule has 2 atom stereocenters. The fraction of sp³-hybridized carbons (Fsp3) is 0.435. The number of hydrogen-bond acceptors (Lipinski definition) is 4. The Morgan fingerprint density at radius 3 is 2.59 bits per heavy atom. The van der Waals surface area contributed by atoms with Gasteiger partial charge in [0.05, 0.1) is 6.54 Å². The highest BCUT2D eigenvalue weighted by Gasteiger charge is 2.40. The van der Waals surface area contributed by atoms with E-state index in [2.05, 4.69) is 20.9 Å². The van der Waals surface area contributed by atoms with Crippen LogP contribution in [0.1, 0.15) is 57.8 Å². The zero-order valence-corrected chi connectivity index (χ0v) is 19.0. The molecule has 3 N–H and O–H groups in total. The normalized spacial score (nSPS) is 18.2. The number of carbonyl (C=O) groups is 2. The molecule has 0 saturated carbocycles. The van der Waals surface area contributed by atoms with Crippen molar-refractivity contribution in [3.8, 4) is 0 Å². The van der Waals surface area contributed by atoms with Gasteiger partial charge in [0.25, 0.3) is 17.7 Å². The quantitative estimate of drug-likeness (QED) is 0.584. The van der Waals surface area contributed by atoms with Gasteiger partial charge in [-0.05, 0) is 37.1 Å². The van der Waals surface area contributed by atoms with Crippen molar-refractivity contribution in [1.29, 1.82) is 0 Å². The first-order chi connectivity index (χ1) is 14.8. The molecule has 3 rings (SSSR count). The first-order valence-corrected chi connectivity index (χ1v) is 10.5. The molecule has 1 aliphatic rings. The third kappa shape index (κ3) is 6.23. The summed E-state index contributed by atoms with van der Waals surface area (Å²) in [6.07, 6.45) is 0.568. The van der Waals surface area contributed by atoms with Crippen molar-refractivity contribution in [2.45, 2.75) is 31.6 Å². The van der Waals surface area contributed by atoms with E-state index in [1.54, 1.807) is 6.07 Å². The Hall–Kier alpha value is -2.58. The van der Waals surface area contributed by atoms with Crippen LogP contribution >= 0.6 is 12.4 Å². The van der Waals surface area contributed by atoms with Crippen molar-refractivity contribution < 1.29 is 18.4 Å². The lowest BCUT2D eigenvalue weighted by Crippen LogP contribution is -2.47. The topological polar surface area (TPSA) is 83.1 Å². The third-order valence-corrected chi connectivity index (χ3v) is 5.72. The lowest BCUT2D eigenvalue weighted by Gasteiger charge is -2.31. The second-order valence-corrected chi connectivity index (χ2v) is 7.85. The van der Waals surface area contributed by atoms with Gasteiger partial charge in [-0.15, -0.1) is 12.4 Å². The van der Waals surface area contributed by atoms with E-state index in [0.29, 0.717) is 18.7 Å². The number of carbonyl (C=O) groups excluding carboxylic acids is 2. The summed E-state index contributed by atoms with van der Waals surface area (Å²) >= 11 is 0. The molecular formula is C23H29ClF2N4O2. The number of amides is 2. The molecule has 32 heavy (non-hydrogen) atoms. The summed E-state index contributed by atoms with van der Waals surface area (Å²) in [6, 6.07) is 12.7. The van der Waals surface area contributed by atoms with Crippen molar-refractivity contribution >= 4 is 24.2 Å². The average Bonchev–Trinajstić information content (AvgIpc) is 2.79. The van der Waals surface area contributed by atoms with E-state index in [1.807, 2.05) is 37.3 Å². The smallest absolute Gasteiger partial charge is 0.269 e. The minimum atomic E-state index is -2.77. The third-order valence-electron chi connectivity index (χ3n) is 5.72. The number of piperidine rings is 1. The summed E-state index contributed by atoms with van der Waals surface area (Å²) in [6.45, 7) is 2.31. The Balaban J connectivity index is 0.00000363. The number of nitrogens with one attached hydrogen (secondary N) is 3. The Labute approximate surface area is 193 Å². The van der Waals surface area contributed by atoms with Crippen LogP contribution in [0.3, 0.4) is 0 Å². The van der Waals surface area contributed by atoms with Gasteiger partial charge < -0.3 is 16.0 Å². The molecule has 0 radical (unpaired) electrons. The van der Waals surface area contributed by atoms with E-state index in [0.717, 1.165) is 5.56 Å². The second-order valence-electron chi connectivity index (χ2n) is 7.85. The maximum atomic E-state index is 14.0. The average molecular weight is 467 g/mol. The predicted molar refractivity (Wildman–Crippen MR) is 122 cm³/mol. The maximum Gasteiger partial charge on any atom is 0.269 e. The molecule has 2 amide bonds. The van der Waals surface area contributed by atoms with Crippen LogP contribution in [0.2, 0.25) is 0 Å². The first kappa shape index (κ1) is 25.7. The zero-order valence-electron chi connectivity index (χ0n) is 18.2. The van der Waals surface area contributed by atoms with Gasteiger partial charge in [0.15, 0.2) is 0 Å². The monoisotopic (exact) mass is 466 g/mol. The van der Waals surface area contributed by atoms with Crippen molar-refractivity contribution in [3.05, 3.63) is 65.0 Å². The Kier molecular flexibility index (Phi) is 9.09. The minimum Gasteiger partial charge on any atom is -0.354 e. The van der Waals surface area contributed by atoms with E-state index in [4.69, 9.17) is 0 Å². The van der Waals surface area contributed by atoms with Gasteiger partial charge in [-0.2, -0.15) is 0 Å². The summed E-state index contributed by atoms with van der Waals surface area (Å²) in [5, 5.41) is 7.95. The molecule has 1 aliphatic heterocycles. The van der Waals surface area contributed by atoms with Crippen LogP contribution in [0.5, 0.6) is 0 Å². The molecule has 2 heterocycles. The maximum absolute atomic E-state index is 14.0. The van der Waals surface area contributed by atoms with Crippen LogP contribution in [0.25, 0.3) is 0 Å². The van der Waals surface area contributed by atoms with Crippen molar-refractivity contribution in [1.82, 2.24) is 20.9 Å². The summed E-state index contributed by atoms with van der Waals surface area (Å²) in [5.74, 6) is -4.48. The SMILES string of the molecule is CNC(=O)c1cc(C(=O)NCC[C@H]2CCNCC2(F)F)cc([C@@H](C)c2ccccc2)n1.Cl. The summed E-state index contributed by atoms with van der Waals surface area (Å²) in [7, 11) is 1.50. The molecule has 174 valence electrons. The number of nitrogens with zero attached hydrogens (tertiary/aromatic N) is 1. The van der Waals surface area contributed by atoms with Gasteiger partial charge in [-0.1, -0.05) is 37.3 Å². The van der Waals surface area contributed by atoms with E-state index >= 15 is 0 Å². The number of benzene rings is 1. The summed E-state index contributed by atoms with van der Waals surface area (Å²) in [4.78, 5) is 29.4. The van der Waals surface area contributed by atoms with Crippen LogP contribution in [-0.2, 0) is 0 Å². The highest BCUT2D eigenvalue weighted by molar-refractivity contribution is 5.98. The van der Waals surface area contributed by atoms with Crippen LogP contribution in [0, 0.1) is 5.92 Å². The van der Waals surface area contributed by atoms with Crippen LogP contribution in [0.4, 0.5) is 8.78 Å². The lowest BCUT2D eigenvalue weighted by atomic mass is 9.91. The molecule has 2 aromatic rings. The molecule has 1 saturated heterocycles. The number of alkyl halides is 2. The molecule has 0 bridgehead atoms. The number of hydrogen-bond donors (Lipinski definition) is 3. The fourth-order valence-electron chi connectivity index (χ4n) is 3.77. The largest absolute Gasteiger partial charge is 0.354 e. The molecule has 9 heteroatoms. The molecule has 0 aliphatic carbocycles. The Bertz CT molecular complexity index is 927. The van der Waals surface area contributed by atoms with Gasteiger partial charge in [0, 0.05) is 36.7 Å². The highest BCUT2D eigenvalue weighted by atomic mass is 35.5. The van der Waals surface area contributed by atoms with E-state index in [1.165, 1.54) is 13.1 Å². The Morgan fingerprint density at radius 2 is 1.94 bits per heavy atom. The number of halogens is 3. The van der Waals surface area contributed by atoms with Gasteiger partial charge in [0.1, 0.15) is 5.69 Å². The molecule has 1 fully saturated rings. The number of aromatic nitrogens is 1. The molecular weight excluding hydrogens is 438 g/mol.